The molecule has 0 saturated heterocycles. The van der Waals surface area contributed by atoms with Gasteiger partial charge >= 0.3 is 5.97 Å². The van der Waals surface area contributed by atoms with Crippen molar-refractivity contribution in [3.05, 3.63) is 76.4 Å². The SMILES string of the molecule is O=C(N[C@@H](CNc1nccc(-c2ccccc2)n1)C(=O)O)c1c(Cl)cccc1Cl. The Morgan fingerprint density at radius 2 is 1.69 bits per heavy atom. The molecule has 0 bridgehead atoms. The van der Waals surface area contributed by atoms with Crippen LogP contribution < -0.4 is 10.6 Å². The summed E-state index contributed by atoms with van der Waals surface area (Å²) in [6.07, 6.45) is 1.57. The summed E-state index contributed by atoms with van der Waals surface area (Å²) in [6.45, 7) is -0.138. The van der Waals surface area contributed by atoms with Crippen LogP contribution in [0.15, 0.2) is 60.8 Å². The normalized spacial score (nSPS) is 11.5. The smallest absolute Gasteiger partial charge is 0.328 e. The van der Waals surface area contributed by atoms with Crippen LogP contribution in [0.4, 0.5) is 5.95 Å². The first-order valence-electron chi connectivity index (χ1n) is 8.55. The number of hydrogen-bond donors (Lipinski definition) is 3. The number of carboxylic acid groups (broad SMARTS) is 1. The van der Waals surface area contributed by atoms with Crippen LogP contribution in [0.25, 0.3) is 11.3 Å². The van der Waals surface area contributed by atoms with Gasteiger partial charge < -0.3 is 15.7 Å². The van der Waals surface area contributed by atoms with Gasteiger partial charge in [-0.1, -0.05) is 59.6 Å². The summed E-state index contributed by atoms with van der Waals surface area (Å²) >= 11 is 12.0. The molecule has 0 radical (unpaired) electrons. The van der Waals surface area contributed by atoms with Gasteiger partial charge in [0.15, 0.2) is 0 Å². The van der Waals surface area contributed by atoms with Crippen LogP contribution in [0, 0.1) is 0 Å². The van der Waals surface area contributed by atoms with Gasteiger partial charge in [-0.2, -0.15) is 0 Å². The minimum absolute atomic E-state index is 0.0180. The minimum Gasteiger partial charge on any atom is -0.480 e. The number of aliphatic carboxylic acids is 1. The number of amides is 1. The Morgan fingerprint density at radius 1 is 1.00 bits per heavy atom. The predicted octanol–water partition coefficient (Wildman–Crippen LogP) is 3.75. The Bertz CT molecular complexity index is 1010. The molecule has 2 aromatic carbocycles. The van der Waals surface area contributed by atoms with Crippen molar-refractivity contribution in [2.45, 2.75) is 6.04 Å². The van der Waals surface area contributed by atoms with E-state index < -0.39 is 17.9 Å². The van der Waals surface area contributed by atoms with Crippen molar-refractivity contribution in [1.29, 1.82) is 0 Å². The van der Waals surface area contributed by atoms with Gasteiger partial charge in [0.1, 0.15) is 6.04 Å². The second-order valence-electron chi connectivity index (χ2n) is 5.97. The zero-order chi connectivity index (χ0) is 20.8. The number of carbonyl (C=O) groups is 2. The molecule has 0 aliphatic carbocycles. The lowest BCUT2D eigenvalue weighted by atomic mass is 10.1. The highest BCUT2D eigenvalue weighted by atomic mass is 35.5. The number of carboxylic acids is 1. The summed E-state index contributed by atoms with van der Waals surface area (Å²) in [5.41, 5.74) is 1.60. The number of anilines is 1. The lowest BCUT2D eigenvalue weighted by Gasteiger charge is -2.16. The Labute approximate surface area is 176 Å². The van der Waals surface area contributed by atoms with Gasteiger partial charge in [-0.05, 0) is 18.2 Å². The van der Waals surface area contributed by atoms with Crippen molar-refractivity contribution >= 4 is 41.0 Å². The highest BCUT2D eigenvalue weighted by Crippen LogP contribution is 2.24. The molecule has 148 valence electrons. The molecule has 0 fully saturated rings. The van der Waals surface area contributed by atoms with E-state index in [4.69, 9.17) is 23.2 Å². The Balaban J connectivity index is 1.71. The number of nitrogens with one attached hydrogen (secondary N) is 2. The van der Waals surface area contributed by atoms with Crippen LogP contribution in [0.5, 0.6) is 0 Å². The van der Waals surface area contributed by atoms with Gasteiger partial charge in [-0.15, -0.1) is 0 Å². The minimum atomic E-state index is -1.25. The highest BCUT2D eigenvalue weighted by Gasteiger charge is 2.23. The number of aromatic nitrogens is 2. The summed E-state index contributed by atoms with van der Waals surface area (Å²) in [5.74, 6) is -1.68. The highest BCUT2D eigenvalue weighted by molar-refractivity contribution is 6.39. The van der Waals surface area contributed by atoms with E-state index in [1.165, 1.54) is 12.1 Å². The van der Waals surface area contributed by atoms with Crippen molar-refractivity contribution in [2.75, 3.05) is 11.9 Å². The average Bonchev–Trinajstić information content (AvgIpc) is 2.71. The van der Waals surface area contributed by atoms with E-state index in [2.05, 4.69) is 20.6 Å². The molecule has 29 heavy (non-hydrogen) atoms. The zero-order valence-electron chi connectivity index (χ0n) is 15.0. The average molecular weight is 431 g/mol. The second kappa shape index (κ2) is 9.36. The molecule has 7 nitrogen and oxygen atoms in total. The van der Waals surface area contributed by atoms with Gasteiger partial charge in [-0.3, -0.25) is 4.79 Å². The van der Waals surface area contributed by atoms with Gasteiger partial charge in [0.05, 0.1) is 21.3 Å². The summed E-state index contributed by atoms with van der Waals surface area (Å²) in [4.78, 5) is 32.5. The van der Waals surface area contributed by atoms with Crippen molar-refractivity contribution < 1.29 is 14.7 Å². The van der Waals surface area contributed by atoms with Gasteiger partial charge in [-0.25, -0.2) is 14.8 Å². The maximum Gasteiger partial charge on any atom is 0.328 e. The van der Waals surface area contributed by atoms with Crippen LogP contribution in [0.2, 0.25) is 10.0 Å². The number of hydrogen-bond acceptors (Lipinski definition) is 5. The number of carbonyl (C=O) groups excluding carboxylic acids is 1. The Hall–Kier alpha value is -3.16. The first-order valence-corrected chi connectivity index (χ1v) is 9.31. The van der Waals surface area contributed by atoms with Crippen molar-refractivity contribution in [3.8, 4) is 11.3 Å². The van der Waals surface area contributed by atoms with Gasteiger partial charge in [0.2, 0.25) is 5.95 Å². The molecule has 1 heterocycles. The fraction of sp³-hybridized carbons (Fsp3) is 0.100. The molecule has 0 saturated carbocycles. The number of benzene rings is 2. The summed E-state index contributed by atoms with van der Waals surface area (Å²) in [7, 11) is 0. The molecule has 0 aliphatic heterocycles. The molecule has 1 atom stereocenters. The third-order valence-electron chi connectivity index (χ3n) is 3.98. The second-order valence-corrected chi connectivity index (χ2v) is 6.79. The molecule has 3 N–H and O–H groups in total. The maximum absolute atomic E-state index is 12.4. The van der Waals surface area contributed by atoms with Crippen LogP contribution in [-0.2, 0) is 4.79 Å². The summed E-state index contributed by atoms with van der Waals surface area (Å²) < 4.78 is 0. The van der Waals surface area contributed by atoms with E-state index >= 15 is 0 Å². The molecule has 0 unspecified atom stereocenters. The zero-order valence-corrected chi connectivity index (χ0v) is 16.5. The maximum atomic E-state index is 12.4. The first-order chi connectivity index (χ1) is 14.0. The summed E-state index contributed by atoms with van der Waals surface area (Å²) in [5, 5.41) is 15.0. The Morgan fingerprint density at radius 3 is 2.34 bits per heavy atom. The number of halogens is 2. The molecule has 1 aromatic heterocycles. The van der Waals surface area contributed by atoms with Crippen LogP contribution in [0.3, 0.4) is 0 Å². The predicted molar refractivity (Wildman–Crippen MR) is 111 cm³/mol. The lowest BCUT2D eigenvalue weighted by molar-refractivity contribution is -0.138. The van der Waals surface area contributed by atoms with E-state index in [9.17, 15) is 14.7 Å². The molecule has 3 rings (SSSR count). The van der Waals surface area contributed by atoms with Crippen LogP contribution in [-0.4, -0.2) is 39.5 Å². The quantitative estimate of drug-likeness (QED) is 0.527. The third kappa shape index (κ3) is 5.22. The molecular weight excluding hydrogens is 415 g/mol. The van der Waals surface area contributed by atoms with E-state index in [1.54, 1.807) is 18.3 Å². The lowest BCUT2D eigenvalue weighted by Crippen LogP contribution is -2.45. The van der Waals surface area contributed by atoms with E-state index in [-0.39, 0.29) is 28.1 Å². The molecule has 0 aliphatic rings. The third-order valence-corrected chi connectivity index (χ3v) is 4.61. The fourth-order valence-corrected chi connectivity index (χ4v) is 3.12. The molecule has 1 amide bonds. The fourth-order valence-electron chi connectivity index (χ4n) is 2.55. The monoisotopic (exact) mass is 430 g/mol. The van der Waals surface area contributed by atoms with Gasteiger partial charge in [0, 0.05) is 18.3 Å². The van der Waals surface area contributed by atoms with Crippen LogP contribution in [0.1, 0.15) is 10.4 Å². The van der Waals surface area contributed by atoms with E-state index in [0.717, 1.165) is 5.56 Å². The topological polar surface area (TPSA) is 104 Å². The number of nitrogens with zero attached hydrogens (tertiary/aromatic N) is 2. The molecule has 9 heteroatoms. The van der Waals surface area contributed by atoms with E-state index in [1.807, 2.05) is 30.3 Å². The van der Waals surface area contributed by atoms with E-state index in [0.29, 0.717) is 5.69 Å². The largest absolute Gasteiger partial charge is 0.480 e. The molecule has 3 aromatic rings. The summed E-state index contributed by atoms with van der Waals surface area (Å²) in [6, 6.07) is 14.6. The van der Waals surface area contributed by atoms with Crippen molar-refractivity contribution in [2.24, 2.45) is 0 Å². The van der Waals surface area contributed by atoms with Gasteiger partial charge in [0.25, 0.3) is 5.91 Å². The van der Waals surface area contributed by atoms with Crippen molar-refractivity contribution in [1.82, 2.24) is 15.3 Å². The molecular formula is C20H16Cl2N4O3. The first kappa shape index (κ1) is 20.6. The standard InChI is InChI=1S/C20H16Cl2N4O3/c21-13-7-4-8-14(22)17(13)18(27)25-16(19(28)29)11-24-20-23-10-9-15(26-20)12-5-2-1-3-6-12/h1-10,16H,11H2,(H,25,27)(H,28,29)(H,23,24,26)/t16-/m0/s1. The van der Waals surface area contributed by atoms with Crippen LogP contribution >= 0.6 is 23.2 Å². The molecule has 0 spiro atoms. The van der Waals surface area contributed by atoms with Crippen molar-refractivity contribution in [3.63, 3.8) is 0 Å². The Kier molecular flexibility index (Phi) is 6.64. The number of rotatable bonds is 7.